The Morgan fingerprint density at radius 3 is 2.56 bits per heavy atom. The van der Waals surface area contributed by atoms with E-state index in [1.807, 2.05) is 12.1 Å². The predicted molar refractivity (Wildman–Crippen MR) is 102 cm³/mol. The van der Waals surface area contributed by atoms with Crippen LogP contribution in [0.1, 0.15) is 61.1 Å². The molecule has 2 aromatic rings. The Labute approximate surface area is 153 Å². The van der Waals surface area contributed by atoms with Gasteiger partial charge in [-0.1, -0.05) is 32.9 Å². The summed E-state index contributed by atoms with van der Waals surface area (Å²) in [5.41, 5.74) is 4.24. The van der Waals surface area contributed by atoms with Crippen molar-refractivity contribution in [3.8, 4) is 5.75 Å². The summed E-state index contributed by atoms with van der Waals surface area (Å²) in [6.07, 6.45) is 3.93. The molecule has 0 saturated carbocycles. The van der Waals surface area contributed by atoms with Gasteiger partial charge in [0, 0.05) is 17.2 Å². The van der Waals surface area contributed by atoms with E-state index < -0.39 is 0 Å². The predicted octanol–water partition coefficient (Wildman–Crippen LogP) is 5.08. The molecular weight excluding hydrogens is 330 g/mol. The third-order valence-electron chi connectivity index (χ3n) is 5.82. The highest BCUT2D eigenvalue weighted by Gasteiger charge is 2.37. The van der Waals surface area contributed by atoms with Crippen molar-refractivity contribution in [2.75, 3.05) is 5.32 Å². The molecule has 0 radical (unpaired) electrons. The summed E-state index contributed by atoms with van der Waals surface area (Å²) in [5, 5.41) is 13.7. The number of fused-ring (bicyclic) bond motifs is 3. The van der Waals surface area contributed by atoms with Gasteiger partial charge in [-0.05, 0) is 59.4 Å². The zero-order valence-corrected chi connectivity index (χ0v) is 15.9. The minimum Gasteiger partial charge on any atom is -0.508 e. The molecule has 2 heterocycles. The Morgan fingerprint density at radius 1 is 1.16 bits per heavy atom. The normalized spacial score (nSPS) is 22.9. The van der Waals surface area contributed by atoms with E-state index in [2.05, 4.69) is 26.1 Å². The van der Waals surface area contributed by atoms with Gasteiger partial charge in [-0.2, -0.15) is 0 Å². The Morgan fingerprint density at radius 2 is 1.88 bits per heavy atom. The number of nitrogens with one attached hydrogen (secondary N) is 1. The van der Waals surface area contributed by atoms with Crippen LogP contribution in [0.25, 0.3) is 0 Å². The highest BCUT2D eigenvalue weighted by Crippen LogP contribution is 2.50. The number of carbonyl (C=O) groups excluding carboxylic acids is 1. The standard InChI is InChI=1S/C21H25NO2S/c1-21(2,3)13-6-9-15-17(10-13)25-20-19(15)16(11-18(24)22-20)12-4-7-14(23)8-5-12/h4-5,7-8,13,16,23H,6,9-11H2,1-3H3,(H,22,24). The quantitative estimate of drug-likeness (QED) is 0.749. The molecule has 25 heavy (non-hydrogen) atoms. The molecule has 1 aliphatic heterocycles. The molecule has 2 atom stereocenters. The summed E-state index contributed by atoms with van der Waals surface area (Å²) in [7, 11) is 0. The molecule has 2 aliphatic rings. The van der Waals surface area contributed by atoms with Gasteiger partial charge in [-0.25, -0.2) is 0 Å². The second-order valence-corrected chi connectivity index (χ2v) is 9.55. The maximum Gasteiger partial charge on any atom is 0.225 e. The van der Waals surface area contributed by atoms with E-state index in [0.717, 1.165) is 23.4 Å². The molecule has 4 rings (SSSR count). The Kier molecular flexibility index (Phi) is 3.91. The van der Waals surface area contributed by atoms with E-state index in [4.69, 9.17) is 0 Å². The number of anilines is 1. The van der Waals surface area contributed by atoms with Crippen molar-refractivity contribution in [3.63, 3.8) is 0 Å². The number of thiophene rings is 1. The zero-order valence-electron chi connectivity index (χ0n) is 15.1. The number of benzene rings is 1. The van der Waals surface area contributed by atoms with Crippen molar-refractivity contribution in [2.45, 2.75) is 52.4 Å². The van der Waals surface area contributed by atoms with Gasteiger partial charge in [-0.3, -0.25) is 4.79 Å². The van der Waals surface area contributed by atoms with Crippen molar-refractivity contribution in [3.05, 3.63) is 45.8 Å². The van der Waals surface area contributed by atoms with Crippen LogP contribution in [-0.4, -0.2) is 11.0 Å². The summed E-state index contributed by atoms with van der Waals surface area (Å²) in [5.74, 6) is 1.17. The molecule has 0 fully saturated rings. The van der Waals surface area contributed by atoms with E-state index in [1.165, 1.54) is 22.4 Å². The summed E-state index contributed by atoms with van der Waals surface area (Å²) in [6, 6.07) is 7.34. The van der Waals surface area contributed by atoms with Crippen molar-refractivity contribution in [1.82, 2.24) is 0 Å². The third-order valence-corrected chi connectivity index (χ3v) is 7.00. The summed E-state index contributed by atoms with van der Waals surface area (Å²) < 4.78 is 0. The lowest BCUT2D eigenvalue weighted by Crippen LogP contribution is -2.27. The molecule has 1 aromatic carbocycles. The fourth-order valence-electron chi connectivity index (χ4n) is 4.27. The minimum atomic E-state index is 0.0940. The first-order valence-corrected chi connectivity index (χ1v) is 9.88. The highest BCUT2D eigenvalue weighted by molar-refractivity contribution is 7.16. The number of carbonyl (C=O) groups is 1. The van der Waals surface area contributed by atoms with Gasteiger partial charge in [0.1, 0.15) is 5.75 Å². The molecular formula is C21H25NO2S. The molecule has 1 aliphatic carbocycles. The van der Waals surface area contributed by atoms with Gasteiger partial charge in [0.15, 0.2) is 0 Å². The molecule has 2 N–H and O–H groups in total. The van der Waals surface area contributed by atoms with Gasteiger partial charge >= 0.3 is 0 Å². The second kappa shape index (κ2) is 5.87. The van der Waals surface area contributed by atoms with Crippen LogP contribution in [0.2, 0.25) is 0 Å². The molecule has 0 bridgehead atoms. The number of rotatable bonds is 1. The van der Waals surface area contributed by atoms with Gasteiger partial charge in [0.2, 0.25) is 5.91 Å². The van der Waals surface area contributed by atoms with Crippen LogP contribution in [0.15, 0.2) is 24.3 Å². The van der Waals surface area contributed by atoms with Crippen LogP contribution in [0.4, 0.5) is 5.00 Å². The van der Waals surface area contributed by atoms with E-state index >= 15 is 0 Å². The van der Waals surface area contributed by atoms with Crippen molar-refractivity contribution in [1.29, 1.82) is 0 Å². The maximum absolute atomic E-state index is 12.3. The lowest BCUT2D eigenvalue weighted by atomic mass is 9.71. The fraction of sp³-hybridized carbons (Fsp3) is 0.476. The number of amides is 1. The van der Waals surface area contributed by atoms with Crippen molar-refractivity contribution >= 4 is 22.2 Å². The van der Waals surface area contributed by atoms with Crippen molar-refractivity contribution < 1.29 is 9.90 Å². The average molecular weight is 356 g/mol. The number of hydrogen-bond donors (Lipinski definition) is 2. The van der Waals surface area contributed by atoms with Crippen LogP contribution in [0.5, 0.6) is 5.75 Å². The van der Waals surface area contributed by atoms with Crippen LogP contribution in [-0.2, 0) is 17.6 Å². The first kappa shape index (κ1) is 16.6. The third kappa shape index (κ3) is 2.97. The Bertz CT molecular complexity index is 814. The van der Waals surface area contributed by atoms with Gasteiger partial charge in [-0.15, -0.1) is 11.3 Å². The van der Waals surface area contributed by atoms with Gasteiger partial charge in [0.05, 0.1) is 5.00 Å². The first-order valence-electron chi connectivity index (χ1n) is 9.06. The summed E-state index contributed by atoms with van der Waals surface area (Å²) in [4.78, 5) is 13.7. The lowest BCUT2D eigenvalue weighted by molar-refractivity contribution is -0.116. The molecule has 0 saturated heterocycles. The van der Waals surface area contributed by atoms with E-state index in [-0.39, 0.29) is 17.6 Å². The number of aromatic hydroxyl groups is 1. The molecule has 1 aromatic heterocycles. The molecule has 2 unspecified atom stereocenters. The molecule has 132 valence electrons. The second-order valence-electron chi connectivity index (χ2n) is 8.45. The van der Waals surface area contributed by atoms with Crippen LogP contribution >= 0.6 is 11.3 Å². The number of phenols is 1. The van der Waals surface area contributed by atoms with Gasteiger partial charge in [0.25, 0.3) is 0 Å². The largest absolute Gasteiger partial charge is 0.508 e. The van der Waals surface area contributed by atoms with E-state index in [0.29, 0.717) is 17.8 Å². The van der Waals surface area contributed by atoms with E-state index in [9.17, 15) is 9.90 Å². The monoisotopic (exact) mass is 355 g/mol. The summed E-state index contributed by atoms with van der Waals surface area (Å²) >= 11 is 1.78. The molecule has 3 nitrogen and oxygen atoms in total. The Balaban J connectivity index is 1.76. The highest BCUT2D eigenvalue weighted by atomic mass is 32.1. The number of phenolic OH excluding ortho intramolecular Hbond substituents is 1. The SMILES string of the molecule is CC(C)(C)C1CCc2c(sc3c2C(c2ccc(O)cc2)CC(=O)N3)C1. The maximum atomic E-state index is 12.3. The van der Waals surface area contributed by atoms with Gasteiger partial charge < -0.3 is 10.4 Å². The van der Waals surface area contributed by atoms with Crippen LogP contribution < -0.4 is 5.32 Å². The molecule has 4 heteroatoms. The van der Waals surface area contributed by atoms with Crippen LogP contribution in [0.3, 0.4) is 0 Å². The average Bonchev–Trinajstić information content (AvgIpc) is 2.91. The number of hydrogen-bond acceptors (Lipinski definition) is 3. The molecule has 0 spiro atoms. The zero-order chi connectivity index (χ0) is 17.8. The fourth-order valence-corrected chi connectivity index (χ4v) is 5.67. The lowest BCUT2D eigenvalue weighted by Gasteiger charge is -2.34. The van der Waals surface area contributed by atoms with Crippen molar-refractivity contribution in [2.24, 2.45) is 11.3 Å². The molecule has 1 amide bonds. The van der Waals surface area contributed by atoms with E-state index in [1.54, 1.807) is 23.5 Å². The smallest absolute Gasteiger partial charge is 0.225 e. The first-order chi connectivity index (χ1) is 11.8. The van der Waals surface area contributed by atoms with Crippen LogP contribution in [0, 0.1) is 11.3 Å². The minimum absolute atomic E-state index is 0.0940. The summed E-state index contributed by atoms with van der Waals surface area (Å²) in [6.45, 7) is 6.99. The topological polar surface area (TPSA) is 49.3 Å². The Hall–Kier alpha value is -1.81.